The highest BCUT2D eigenvalue weighted by atomic mass is 16.5. The highest BCUT2D eigenvalue weighted by molar-refractivity contribution is 5.97. The van der Waals surface area contributed by atoms with Gasteiger partial charge in [-0.25, -0.2) is 4.99 Å². The number of hydrogen-bond acceptors (Lipinski definition) is 6. The number of nitrogens with two attached hydrogens (primary N) is 1. The van der Waals surface area contributed by atoms with Gasteiger partial charge in [0, 0.05) is 32.6 Å². The third kappa shape index (κ3) is 4.49. The number of allylic oxidation sites excluding steroid dienone is 4. The van der Waals surface area contributed by atoms with Gasteiger partial charge in [-0.2, -0.15) is 0 Å². The fourth-order valence-electron chi connectivity index (χ4n) is 3.20. The van der Waals surface area contributed by atoms with Crippen LogP contribution in [-0.4, -0.2) is 43.3 Å². The minimum absolute atomic E-state index is 0.227. The first-order valence-electron chi connectivity index (χ1n) is 9.22. The average Bonchev–Trinajstić information content (AvgIpc) is 3.14. The fraction of sp³-hybridized carbons (Fsp3) is 0.400. The van der Waals surface area contributed by atoms with E-state index in [1.165, 1.54) is 6.21 Å². The van der Waals surface area contributed by atoms with Gasteiger partial charge in [0.25, 0.3) is 0 Å². The van der Waals surface area contributed by atoms with Gasteiger partial charge in [-0.3, -0.25) is 0 Å². The van der Waals surface area contributed by atoms with Crippen molar-refractivity contribution in [3.05, 3.63) is 59.0 Å². The number of nitrogens with one attached hydrogen (secondary N) is 3. The number of likely N-dealkylation sites (tertiary alicyclic amines) is 1. The monoisotopic (exact) mass is 368 g/mol. The normalized spacial score (nSPS) is 23.0. The maximum Gasteiger partial charge on any atom is 0.132 e. The zero-order chi connectivity index (χ0) is 19.4. The van der Waals surface area contributed by atoms with Crippen LogP contribution in [0.3, 0.4) is 0 Å². The summed E-state index contributed by atoms with van der Waals surface area (Å²) in [7, 11) is 1.76. The number of aliphatic imine (C=N–C) groups is 1. The molecule has 3 rings (SSSR count). The van der Waals surface area contributed by atoms with Crippen molar-refractivity contribution in [2.45, 2.75) is 26.4 Å². The van der Waals surface area contributed by atoms with Gasteiger partial charge in [0.05, 0.1) is 23.2 Å². The third-order valence-corrected chi connectivity index (χ3v) is 4.87. The molecule has 1 atom stereocenters. The topological polar surface area (TPSA) is 98.8 Å². The Bertz CT molecular complexity index is 784. The molecule has 144 valence electrons. The van der Waals surface area contributed by atoms with Crippen molar-refractivity contribution in [2.75, 3.05) is 20.2 Å². The quantitative estimate of drug-likeness (QED) is 0.424. The van der Waals surface area contributed by atoms with E-state index in [2.05, 4.69) is 26.6 Å². The van der Waals surface area contributed by atoms with Crippen LogP contribution in [-0.2, 0) is 4.74 Å². The number of fused-ring (bicyclic) bond motifs is 1. The second-order valence-electron chi connectivity index (χ2n) is 7.10. The smallest absolute Gasteiger partial charge is 0.132 e. The lowest BCUT2D eigenvalue weighted by molar-refractivity contribution is 0.112. The van der Waals surface area contributed by atoms with Crippen LogP contribution in [0.15, 0.2) is 64.0 Å². The molecule has 0 amide bonds. The number of amidine groups is 1. The standard InChI is InChI=1S/C20H28N6O/c1-13(2)14(10-21)8-19(22)25-20-5-4-17-18(24-20)9-15(11-23-17)26-7-6-16(12-26)27-3/h4-5,8-11,13,16,21,23-24H,6-7,12H2,1-3H3,(H2,22,25). The first-order valence-corrected chi connectivity index (χ1v) is 9.22. The number of methoxy groups -OCH3 is 1. The number of dihydropyridines is 2. The van der Waals surface area contributed by atoms with Crippen molar-refractivity contribution in [2.24, 2.45) is 16.6 Å². The van der Waals surface area contributed by atoms with E-state index < -0.39 is 0 Å². The van der Waals surface area contributed by atoms with E-state index in [1.54, 1.807) is 13.2 Å². The predicted molar refractivity (Wildman–Crippen MR) is 109 cm³/mol. The molecule has 0 bridgehead atoms. The summed E-state index contributed by atoms with van der Waals surface area (Å²) >= 11 is 0. The summed E-state index contributed by atoms with van der Waals surface area (Å²) in [6.07, 6.45) is 12.4. The average molecular weight is 368 g/mol. The molecular formula is C20H28N6O. The molecule has 1 unspecified atom stereocenters. The van der Waals surface area contributed by atoms with Gasteiger partial charge in [-0.1, -0.05) is 13.8 Å². The molecule has 3 heterocycles. The highest BCUT2D eigenvalue weighted by Crippen LogP contribution is 2.24. The van der Waals surface area contributed by atoms with E-state index in [-0.39, 0.29) is 12.0 Å². The Labute approximate surface area is 160 Å². The van der Waals surface area contributed by atoms with E-state index in [0.29, 0.717) is 11.7 Å². The lowest BCUT2D eigenvalue weighted by Gasteiger charge is -2.27. The number of ether oxygens (including phenoxy) is 1. The summed E-state index contributed by atoms with van der Waals surface area (Å²) in [5, 5.41) is 14.1. The first kappa shape index (κ1) is 19.0. The maximum absolute atomic E-state index is 7.48. The molecule has 7 nitrogen and oxygen atoms in total. The van der Waals surface area contributed by atoms with Crippen LogP contribution in [0, 0.1) is 11.3 Å². The van der Waals surface area contributed by atoms with E-state index in [0.717, 1.165) is 42.2 Å². The third-order valence-electron chi connectivity index (χ3n) is 4.87. The molecule has 0 aromatic carbocycles. The van der Waals surface area contributed by atoms with Gasteiger partial charge in [-0.05, 0) is 42.2 Å². The summed E-state index contributed by atoms with van der Waals surface area (Å²) in [6, 6.07) is 0. The minimum atomic E-state index is 0.227. The van der Waals surface area contributed by atoms with E-state index >= 15 is 0 Å². The van der Waals surface area contributed by atoms with Crippen LogP contribution in [0.5, 0.6) is 0 Å². The predicted octanol–water partition coefficient (Wildman–Crippen LogP) is 1.95. The van der Waals surface area contributed by atoms with Gasteiger partial charge >= 0.3 is 0 Å². The van der Waals surface area contributed by atoms with Gasteiger partial charge in [0.1, 0.15) is 11.7 Å². The van der Waals surface area contributed by atoms with Crippen molar-refractivity contribution in [1.29, 1.82) is 5.41 Å². The van der Waals surface area contributed by atoms with Crippen LogP contribution in [0.4, 0.5) is 0 Å². The molecule has 0 radical (unpaired) electrons. The Hall–Kier alpha value is -2.80. The van der Waals surface area contributed by atoms with Crippen LogP contribution in [0.25, 0.3) is 0 Å². The zero-order valence-electron chi connectivity index (χ0n) is 16.1. The Morgan fingerprint density at radius 2 is 2.22 bits per heavy atom. The first-order chi connectivity index (χ1) is 13.0. The van der Waals surface area contributed by atoms with Crippen LogP contribution < -0.4 is 16.4 Å². The Morgan fingerprint density at radius 1 is 1.41 bits per heavy atom. The van der Waals surface area contributed by atoms with Crippen molar-refractivity contribution in [1.82, 2.24) is 15.5 Å². The van der Waals surface area contributed by atoms with Gasteiger partial charge in [-0.15, -0.1) is 0 Å². The molecule has 3 aliphatic rings. The summed E-state index contributed by atoms with van der Waals surface area (Å²) in [5.41, 5.74) is 9.97. The second-order valence-corrected chi connectivity index (χ2v) is 7.10. The molecule has 3 aliphatic heterocycles. The number of rotatable bonds is 6. The SMILES string of the molecule is COC1CCN(C2=CNC3=CC=C(N=C(N)C=C(C=N)C(C)C)NC3=C2)C1. The minimum Gasteiger partial charge on any atom is -0.384 e. The van der Waals surface area contributed by atoms with E-state index in [4.69, 9.17) is 15.9 Å². The van der Waals surface area contributed by atoms with Crippen molar-refractivity contribution in [3.63, 3.8) is 0 Å². The molecule has 7 heteroatoms. The zero-order valence-corrected chi connectivity index (χ0v) is 16.1. The van der Waals surface area contributed by atoms with E-state index in [1.807, 2.05) is 32.2 Å². The largest absolute Gasteiger partial charge is 0.384 e. The fourth-order valence-corrected chi connectivity index (χ4v) is 3.20. The van der Waals surface area contributed by atoms with Crippen LogP contribution in [0.2, 0.25) is 0 Å². The van der Waals surface area contributed by atoms with Crippen molar-refractivity contribution < 1.29 is 4.74 Å². The summed E-state index contributed by atoms with van der Waals surface area (Å²) in [4.78, 5) is 6.75. The van der Waals surface area contributed by atoms with E-state index in [9.17, 15) is 0 Å². The highest BCUT2D eigenvalue weighted by Gasteiger charge is 2.25. The molecule has 27 heavy (non-hydrogen) atoms. The molecule has 0 aromatic heterocycles. The molecule has 0 aliphatic carbocycles. The molecular weight excluding hydrogens is 340 g/mol. The Balaban J connectivity index is 1.72. The maximum atomic E-state index is 7.48. The lowest BCUT2D eigenvalue weighted by atomic mass is 10.0. The molecule has 0 aromatic rings. The van der Waals surface area contributed by atoms with Crippen LogP contribution >= 0.6 is 0 Å². The Morgan fingerprint density at radius 3 is 2.89 bits per heavy atom. The molecule has 0 saturated carbocycles. The van der Waals surface area contributed by atoms with Gasteiger partial charge in [0.2, 0.25) is 0 Å². The van der Waals surface area contributed by atoms with Crippen LogP contribution in [0.1, 0.15) is 20.3 Å². The summed E-state index contributed by atoms with van der Waals surface area (Å²) < 4.78 is 5.46. The molecule has 5 N–H and O–H groups in total. The lowest BCUT2D eigenvalue weighted by Crippen LogP contribution is -2.30. The molecule has 1 fully saturated rings. The van der Waals surface area contributed by atoms with Gasteiger partial charge in [0.15, 0.2) is 0 Å². The van der Waals surface area contributed by atoms with Crippen molar-refractivity contribution >= 4 is 12.1 Å². The molecule has 1 saturated heterocycles. The second kappa shape index (κ2) is 8.26. The summed E-state index contributed by atoms with van der Waals surface area (Å²) in [5.74, 6) is 1.27. The van der Waals surface area contributed by atoms with Gasteiger partial charge < -0.3 is 31.4 Å². The Kier molecular flexibility index (Phi) is 5.81. The molecule has 0 spiro atoms. The number of hydrogen-bond donors (Lipinski definition) is 4. The van der Waals surface area contributed by atoms with Crippen molar-refractivity contribution in [3.8, 4) is 0 Å². The number of nitrogens with zero attached hydrogens (tertiary/aromatic N) is 2. The summed E-state index contributed by atoms with van der Waals surface area (Å²) in [6.45, 7) is 5.92.